The van der Waals surface area contributed by atoms with Gasteiger partial charge in [0.15, 0.2) is 5.82 Å². The Bertz CT molecular complexity index is 1260. The summed E-state index contributed by atoms with van der Waals surface area (Å²) in [4.78, 5) is 8.83. The van der Waals surface area contributed by atoms with Crippen molar-refractivity contribution < 1.29 is 4.39 Å². The predicted octanol–water partition coefficient (Wildman–Crippen LogP) is 2.28. The van der Waals surface area contributed by atoms with Crippen LogP contribution in [0.2, 0.25) is 0 Å². The normalized spacial score (nSPS) is 11.9. The molecule has 140 valence electrons. The van der Waals surface area contributed by atoms with Gasteiger partial charge in [0.05, 0.1) is 16.9 Å². The Morgan fingerprint density at radius 1 is 1.04 bits per heavy atom. The van der Waals surface area contributed by atoms with Crippen molar-refractivity contribution in [3.8, 4) is 22.5 Å². The number of halogens is 1. The summed E-state index contributed by atoms with van der Waals surface area (Å²) >= 11 is 0. The molecule has 0 unspecified atom stereocenters. The molecule has 0 spiro atoms. The second-order valence-corrected chi connectivity index (χ2v) is 6.38. The van der Waals surface area contributed by atoms with E-state index in [9.17, 15) is 4.39 Å². The molecule has 4 aromatic rings. The Labute approximate surface area is 159 Å². The van der Waals surface area contributed by atoms with Crippen molar-refractivity contribution in [2.24, 2.45) is 10.9 Å². The number of aryl methyl sites for hydroxylation is 1. The molecule has 2 aromatic carbocycles. The predicted molar refractivity (Wildman–Crippen MR) is 107 cm³/mol. The number of fused-ring (bicyclic) bond motifs is 1. The van der Waals surface area contributed by atoms with E-state index in [1.165, 1.54) is 16.8 Å². The first kappa shape index (κ1) is 17.5. The highest BCUT2D eigenvalue weighted by Gasteiger charge is 2.17. The van der Waals surface area contributed by atoms with E-state index in [2.05, 4.69) is 15.1 Å². The average molecular weight is 375 g/mol. The van der Waals surface area contributed by atoms with E-state index in [0.29, 0.717) is 17.0 Å². The van der Waals surface area contributed by atoms with E-state index in [1.807, 2.05) is 31.2 Å². The molecule has 6 N–H and O–H groups in total. The SMILES string of the molecule is Cc1ccnc2ccc(-c3c(-c4ccc(F)cc4)nc(N)/c(=N/N)n3N)cc12. The highest BCUT2D eigenvalue weighted by Crippen LogP contribution is 2.31. The maximum Gasteiger partial charge on any atom is 0.213 e. The van der Waals surface area contributed by atoms with Gasteiger partial charge in [-0.05, 0) is 55.0 Å². The summed E-state index contributed by atoms with van der Waals surface area (Å²) in [7, 11) is 0. The Morgan fingerprint density at radius 3 is 2.46 bits per heavy atom. The first-order valence-electron chi connectivity index (χ1n) is 8.53. The quantitative estimate of drug-likeness (QED) is 0.367. The zero-order valence-electron chi connectivity index (χ0n) is 15.1. The van der Waals surface area contributed by atoms with Gasteiger partial charge in [0.2, 0.25) is 5.49 Å². The van der Waals surface area contributed by atoms with E-state index in [4.69, 9.17) is 17.4 Å². The van der Waals surface area contributed by atoms with Crippen molar-refractivity contribution in [1.29, 1.82) is 0 Å². The molecule has 0 amide bonds. The number of nitrogen functional groups attached to an aromatic ring is 2. The van der Waals surface area contributed by atoms with Crippen LogP contribution in [-0.4, -0.2) is 14.6 Å². The monoisotopic (exact) mass is 375 g/mol. The second kappa shape index (κ2) is 6.66. The van der Waals surface area contributed by atoms with Crippen LogP contribution in [0, 0.1) is 12.7 Å². The summed E-state index contributed by atoms with van der Waals surface area (Å²) in [5.74, 6) is 11.5. The smallest absolute Gasteiger partial charge is 0.213 e. The lowest BCUT2D eigenvalue weighted by Crippen LogP contribution is -2.34. The van der Waals surface area contributed by atoms with E-state index in [1.54, 1.807) is 18.3 Å². The molecule has 0 saturated heterocycles. The topological polar surface area (TPSA) is 121 Å². The second-order valence-electron chi connectivity index (χ2n) is 6.38. The molecular weight excluding hydrogens is 357 g/mol. The first-order valence-corrected chi connectivity index (χ1v) is 8.53. The molecule has 28 heavy (non-hydrogen) atoms. The number of hydrogen-bond acceptors (Lipinski definition) is 6. The van der Waals surface area contributed by atoms with E-state index in [-0.39, 0.29) is 17.1 Å². The molecular formula is C20H18FN7. The van der Waals surface area contributed by atoms with E-state index in [0.717, 1.165) is 22.0 Å². The molecule has 0 radical (unpaired) electrons. The summed E-state index contributed by atoms with van der Waals surface area (Å²) < 4.78 is 14.7. The number of nitrogens with zero attached hydrogens (tertiary/aromatic N) is 4. The van der Waals surface area contributed by atoms with Gasteiger partial charge >= 0.3 is 0 Å². The van der Waals surface area contributed by atoms with Crippen molar-refractivity contribution in [3.63, 3.8) is 0 Å². The van der Waals surface area contributed by atoms with Crippen LogP contribution in [0.3, 0.4) is 0 Å². The number of aromatic nitrogens is 3. The van der Waals surface area contributed by atoms with E-state index < -0.39 is 0 Å². The fourth-order valence-electron chi connectivity index (χ4n) is 3.21. The average Bonchev–Trinajstić information content (AvgIpc) is 2.69. The van der Waals surface area contributed by atoms with Gasteiger partial charge in [-0.2, -0.15) is 5.10 Å². The molecule has 0 bridgehead atoms. The zero-order chi connectivity index (χ0) is 19.8. The highest BCUT2D eigenvalue weighted by molar-refractivity contribution is 5.89. The van der Waals surface area contributed by atoms with Crippen LogP contribution in [0.5, 0.6) is 0 Å². The maximum absolute atomic E-state index is 13.4. The van der Waals surface area contributed by atoms with E-state index >= 15 is 0 Å². The lowest BCUT2D eigenvalue weighted by atomic mass is 10.0. The van der Waals surface area contributed by atoms with Crippen LogP contribution >= 0.6 is 0 Å². The number of hydrogen-bond donors (Lipinski definition) is 3. The molecule has 0 atom stereocenters. The first-order chi connectivity index (χ1) is 13.5. The molecule has 0 saturated carbocycles. The third-order valence-electron chi connectivity index (χ3n) is 4.63. The third kappa shape index (κ3) is 2.81. The van der Waals surface area contributed by atoms with Crippen molar-refractivity contribution in [3.05, 3.63) is 71.6 Å². The number of anilines is 1. The minimum Gasteiger partial charge on any atom is -0.380 e. The third-order valence-corrected chi connectivity index (χ3v) is 4.63. The van der Waals surface area contributed by atoms with Gasteiger partial charge in [-0.25, -0.2) is 14.1 Å². The summed E-state index contributed by atoms with van der Waals surface area (Å²) in [6.45, 7) is 2.01. The zero-order valence-corrected chi connectivity index (χ0v) is 15.1. The molecule has 2 heterocycles. The van der Waals surface area contributed by atoms with Crippen LogP contribution in [0.25, 0.3) is 33.4 Å². The summed E-state index contributed by atoms with van der Waals surface area (Å²) in [6, 6.07) is 13.6. The van der Waals surface area contributed by atoms with Crippen molar-refractivity contribution in [2.75, 3.05) is 11.6 Å². The summed E-state index contributed by atoms with van der Waals surface area (Å²) in [5.41, 5.74) is 10.6. The number of benzene rings is 2. The molecule has 0 aliphatic carbocycles. The molecule has 0 aliphatic heterocycles. The fourth-order valence-corrected chi connectivity index (χ4v) is 3.21. The van der Waals surface area contributed by atoms with Gasteiger partial charge in [-0.1, -0.05) is 6.07 Å². The standard InChI is InChI=1S/C20H18FN7/c1-11-8-9-25-16-7-4-13(10-15(11)16)18-17(12-2-5-14(21)6-3-12)26-19(22)20(27-23)28(18)24/h2-10H,23-24H2,1H3,(H2,22,26)/b27-20-. The summed E-state index contributed by atoms with van der Waals surface area (Å²) in [5, 5.41) is 4.64. The van der Waals surface area contributed by atoms with Gasteiger partial charge in [0.25, 0.3) is 0 Å². The minimum absolute atomic E-state index is 0.0757. The van der Waals surface area contributed by atoms with Crippen molar-refractivity contribution >= 4 is 16.7 Å². The Hall–Kier alpha value is -3.94. The molecule has 0 fully saturated rings. The van der Waals surface area contributed by atoms with Gasteiger partial charge in [0, 0.05) is 22.7 Å². The lowest BCUT2D eigenvalue weighted by molar-refractivity contribution is 0.628. The molecule has 4 rings (SSSR count). The highest BCUT2D eigenvalue weighted by atomic mass is 19.1. The Balaban J connectivity index is 2.07. The molecule has 0 aliphatic rings. The maximum atomic E-state index is 13.4. The minimum atomic E-state index is -0.347. The fraction of sp³-hybridized carbons (Fsp3) is 0.0500. The molecule has 2 aromatic heterocycles. The largest absolute Gasteiger partial charge is 0.380 e. The molecule has 8 heteroatoms. The molecule has 7 nitrogen and oxygen atoms in total. The van der Waals surface area contributed by atoms with Crippen LogP contribution in [-0.2, 0) is 0 Å². The van der Waals surface area contributed by atoms with Gasteiger partial charge in [0.1, 0.15) is 5.82 Å². The van der Waals surface area contributed by atoms with Crippen molar-refractivity contribution in [1.82, 2.24) is 14.6 Å². The van der Waals surface area contributed by atoms with Crippen LogP contribution in [0.15, 0.2) is 59.8 Å². The van der Waals surface area contributed by atoms with Crippen LogP contribution in [0.4, 0.5) is 10.2 Å². The van der Waals surface area contributed by atoms with Gasteiger partial charge in [-0.3, -0.25) is 4.98 Å². The van der Waals surface area contributed by atoms with Gasteiger partial charge in [-0.15, -0.1) is 0 Å². The summed E-state index contributed by atoms with van der Waals surface area (Å²) in [6.07, 6.45) is 1.76. The van der Waals surface area contributed by atoms with Crippen LogP contribution < -0.4 is 22.9 Å². The number of pyridine rings is 1. The van der Waals surface area contributed by atoms with Crippen molar-refractivity contribution in [2.45, 2.75) is 6.92 Å². The number of nitrogens with two attached hydrogens (primary N) is 3. The lowest BCUT2D eigenvalue weighted by Gasteiger charge is -2.16. The Morgan fingerprint density at radius 2 is 1.75 bits per heavy atom. The number of rotatable bonds is 2. The van der Waals surface area contributed by atoms with Crippen LogP contribution in [0.1, 0.15) is 5.56 Å². The Kier molecular flexibility index (Phi) is 4.15. The van der Waals surface area contributed by atoms with Gasteiger partial charge < -0.3 is 17.4 Å².